The van der Waals surface area contributed by atoms with Crippen molar-refractivity contribution < 1.29 is 13.0 Å². The molecule has 1 N–H and O–H groups in total. The molecule has 0 unspecified atom stereocenters. The molecular weight excluding hydrogens is 236 g/mol. The molecule has 0 amide bonds. The standard InChI is InChI=1S/C13H12O3S/c1-10(9-17(14,15)16)12-8-4-6-11-5-2-3-7-13(11)12/h2-8H,1,9H2,(H,14,15,16). The average Bonchev–Trinajstić information content (AvgIpc) is 2.26. The fourth-order valence-corrected chi connectivity index (χ4v) is 2.43. The summed E-state index contributed by atoms with van der Waals surface area (Å²) in [7, 11) is -4.04. The molecule has 0 aromatic heterocycles. The van der Waals surface area contributed by atoms with Crippen LogP contribution in [0.4, 0.5) is 0 Å². The topological polar surface area (TPSA) is 54.4 Å². The minimum atomic E-state index is -4.04. The van der Waals surface area contributed by atoms with Crippen LogP contribution in [-0.2, 0) is 10.1 Å². The van der Waals surface area contributed by atoms with Crippen LogP contribution < -0.4 is 0 Å². The third kappa shape index (κ3) is 2.72. The van der Waals surface area contributed by atoms with Crippen molar-refractivity contribution >= 4 is 26.5 Å². The van der Waals surface area contributed by atoms with Crippen LogP contribution in [-0.4, -0.2) is 18.7 Å². The summed E-state index contributed by atoms with van der Waals surface area (Å²) in [5, 5.41) is 1.95. The van der Waals surface area contributed by atoms with E-state index in [2.05, 4.69) is 6.58 Å². The summed E-state index contributed by atoms with van der Waals surface area (Å²) in [5.74, 6) is -0.443. The van der Waals surface area contributed by atoms with Crippen LogP contribution >= 0.6 is 0 Å². The van der Waals surface area contributed by atoms with E-state index in [0.29, 0.717) is 5.57 Å². The van der Waals surface area contributed by atoms with Crippen molar-refractivity contribution in [2.45, 2.75) is 0 Å². The predicted molar refractivity (Wildman–Crippen MR) is 69.4 cm³/mol. The van der Waals surface area contributed by atoms with Gasteiger partial charge in [-0.25, -0.2) is 0 Å². The van der Waals surface area contributed by atoms with Crippen LogP contribution in [0.3, 0.4) is 0 Å². The molecule has 0 atom stereocenters. The Labute approximate surface area is 100 Å². The molecule has 2 aromatic rings. The van der Waals surface area contributed by atoms with E-state index in [9.17, 15) is 8.42 Å². The molecule has 0 radical (unpaired) electrons. The first-order chi connectivity index (χ1) is 7.97. The van der Waals surface area contributed by atoms with Crippen molar-refractivity contribution in [3.05, 3.63) is 54.6 Å². The zero-order valence-corrected chi connectivity index (χ0v) is 9.94. The van der Waals surface area contributed by atoms with E-state index in [0.717, 1.165) is 16.3 Å². The molecule has 0 heterocycles. The van der Waals surface area contributed by atoms with Gasteiger partial charge in [-0.1, -0.05) is 49.0 Å². The Morgan fingerprint density at radius 2 is 1.76 bits per heavy atom. The zero-order valence-electron chi connectivity index (χ0n) is 9.13. The molecule has 0 saturated heterocycles. The third-order valence-electron chi connectivity index (χ3n) is 2.53. The Morgan fingerprint density at radius 1 is 1.12 bits per heavy atom. The lowest BCUT2D eigenvalue weighted by molar-refractivity contribution is 0.487. The Balaban J connectivity index is 2.52. The maximum atomic E-state index is 10.8. The molecule has 0 aliphatic rings. The van der Waals surface area contributed by atoms with Gasteiger partial charge in [-0.3, -0.25) is 4.55 Å². The van der Waals surface area contributed by atoms with Crippen molar-refractivity contribution in [3.8, 4) is 0 Å². The van der Waals surface area contributed by atoms with Crippen LogP contribution in [0.1, 0.15) is 5.56 Å². The number of hydrogen-bond donors (Lipinski definition) is 1. The van der Waals surface area contributed by atoms with Gasteiger partial charge in [-0.15, -0.1) is 0 Å². The molecule has 17 heavy (non-hydrogen) atoms. The number of hydrogen-bond acceptors (Lipinski definition) is 2. The summed E-state index contributed by atoms with van der Waals surface area (Å²) >= 11 is 0. The molecule has 0 bridgehead atoms. The van der Waals surface area contributed by atoms with Gasteiger partial charge >= 0.3 is 0 Å². The van der Waals surface area contributed by atoms with Crippen molar-refractivity contribution in [1.29, 1.82) is 0 Å². The third-order valence-corrected chi connectivity index (χ3v) is 3.24. The van der Waals surface area contributed by atoms with Crippen molar-refractivity contribution in [3.63, 3.8) is 0 Å². The Morgan fingerprint density at radius 3 is 2.47 bits per heavy atom. The summed E-state index contributed by atoms with van der Waals surface area (Å²) in [6.07, 6.45) is 0. The predicted octanol–water partition coefficient (Wildman–Crippen LogP) is 2.74. The van der Waals surface area contributed by atoms with Crippen LogP contribution in [0, 0.1) is 0 Å². The van der Waals surface area contributed by atoms with E-state index in [1.54, 1.807) is 6.07 Å². The van der Waals surface area contributed by atoms with E-state index in [-0.39, 0.29) is 0 Å². The first-order valence-corrected chi connectivity index (χ1v) is 6.69. The van der Waals surface area contributed by atoms with Crippen molar-refractivity contribution in [2.24, 2.45) is 0 Å². The summed E-state index contributed by atoms with van der Waals surface area (Å²) in [6.45, 7) is 3.72. The van der Waals surface area contributed by atoms with E-state index in [1.807, 2.05) is 36.4 Å². The molecule has 2 aromatic carbocycles. The Hall–Kier alpha value is -1.65. The summed E-state index contributed by atoms with van der Waals surface area (Å²) in [4.78, 5) is 0. The second kappa shape index (κ2) is 4.31. The average molecular weight is 248 g/mol. The molecule has 0 saturated carbocycles. The Bertz CT molecular complexity index is 667. The first-order valence-electron chi connectivity index (χ1n) is 5.08. The van der Waals surface area contributed by atoms with Gasteiger partial charge in [-0.05, 0) is 21.9 Å². The van der Waals surface area contributed by atoms with Gasteiger partial charge in [0.25, 0.3) is 10.1 Å². The van der Waals surface area contributed by atoms with Crippen molar-refractivity contribution in [2.75, 3.05) is 5.75 Å². The van der Waals surface area contributed by atoms with E-state index in [4.69, 9.17) is 4.55 Å². The molecule has 0 fully saturated rings. The highest BCUT2D eigenvalue weighted by Gasteiger charge is 2.11. The quantitative estimate of drug-likeness (QED) is 0.850. The zero-order chi connectivity index (χ0) is 12.5. The van der Waals surface area contributed by atoms with Gasteiger partial charge in [0.05, 0.1) is 0 Å². The molecule has 3 nitrogen and oxygen atoms in total. The highest BCUT2D eigenvalue weighted by molar-refractivity contribution is 7.86. The molecule has 4 heteroatoms. The number of fused-ring (bicyclic) bond motifs is 1. The molecule has 0 spiro atoms. The minimum absolute atomic E-state index is 0.393. The minimum Gasteiger partial charge on any atom is -0.285 e. The number of benzene rings is 2. The summed E-state index contributed by atoms with van der Waals surface area (Å²) in [6, 6.07) is 13.2. The second-order valence-corrected chi connectivity index (χ2v) is 5.31. The van der Waals surface area contributed by atoms with E-state index in [1.165, 1.54) is 0 Å². The molecule has 2 rings (SSSR count). The molecule has 0 aliphatic heterocycles. The summed E-state index contributed by atoms with van der Waals surface area (Å²) < 4.78 is 30.5. The van der Waals surface area contributed by atoms with Crippen LogP contribution in [0.15, 0.2) is 49.0 Å². The normalized spacial score (nSPS) is 11.6. The van der Waals surface area contributed by atoms with Gasteiger partial charge in [0.15, 0.2) is 0 Å². The lowest BCUT2D eigenvalue weighted by Gasteiger charge is -2.08. The van der Waals surface area contributed by atoms with Crippen LogP contribution in [0.5, 0.6) is 0 Å². The molecule has 88 valence electrons. The van der Waals surface area contributed by atoms with Gasteiger partial charge < -0.3 is 0 Å². The largest absolute Gasteiger partial charge is 0.285 e. The fraction of sp³-hybridized carbons (Fsp3) is 0.0769. The lowest BCUT2D eigenvalue weighted by atomic mass is 10.0. The monoisotopic (exact) mass is 248 g/mol. The SMILES string of the molecule is C=C(CS(=O)(=O)O)c1cccc2ccccc12. The van der Waals surface area contributed by atoms with Crippen LogP contribution in [0.25, 0.3) is 16.3 Å². The first kappa shape index (κ1) is 11.8. The highest BCUT2D eigenvalue weighted by atomic mass is 32.2. The maximum absolute atomic E-state index is 10.8. The maximum Gasteiger partial charge on any atom is 0.269 e. The van der Waals surface area contributed by atoms with Gasteiger partial charge in [0, 0.05) is 0 Å². The highest BCUT2D eigenvalue weighted by Crippen LogP contribution is 2.24. The smallest absolute Gasteiger partial charge is 0.269 e. The Kier molecular flexibility index (Phi) is 3.00. The van der Waals surface area contributed by atoms with E-state index >= 15 is 0 Å². The molecular formula is C13H12O3S. The fourth-order valence-electron chi connectivity index (χ4n) is 1.83. The van der Waals surface area contributed by atoms with Gasteiger partial charge in [0.1, 0.15) is 5.75 Å². The van der Waals surface area contributed by atoms with Crippen LogP contribution in [0.2, 0.25) is 0 Å². The lowest BCUT2D eigenvalue weighted by Crippen LogP contribution is -2.05. The van der Waals surface area contributed by atoms with Gasteiger partial charge in [-0.2, -0.15) is 8.42 Å². The number of rotatable bonds is 3. The van der Waals surface area contributed by atoms with Gasteiger partial charge in [0.2, 0.25) is 0 Å². The second-order valence-electron chi connectivity index (χ2n) is 3.86. The van der Waals surface area contributed by atoms with E-state index < -0.39 is 15.9 Å². The van der Waals surface area contributed by atoms with Crippen molar-refractivity contribution in [1.82, 2.24) is 0 Å². The summed E-state index contributed by atoms with van der Waals surface area (Å²) in [5.41, 5.74) is 1.14. The molecule has 0 aliphatic carbocycles.